The second kappa shape index (κ2) is 3.40. The molecular formula is C7H6Cl2N2O2. The Bertz CT molecular complexity index is 379. The number of anilines is 1. The van der Waals surface area contributed by atoms with Gasteiger partial charge in [0, 0.05) is 5.56 Å². The monoisotopic (exact) mass is 220 g/mol. The average Bonchev–Trinajstić information content (AvgIpc) is 1.99. The van der Waals surface area contributed by atoms with E-state index in [2.05, 4.69) is 0 Å². The molecule has 0 amide bonds. The molecule has 0 aliphatic heterocycles. The highest BCUT2D eigenvalue weighted by Crippen LogP contribution is 2.36. The van der Waals surface area contributed by atoms with E-state index in [-0.39, 0.29) is 27.0 Å². The van der Waals surface area contributed by atoms with Crippen molar-refractivity contribution in [2.24, 2.45) is 0 Å². The lowest BCUT2D eigenvalue weighted by atomic mass is 10.2. The second-order valence-corrected chi connectivity index (χ2v) is 3.28. The first kappa shape index (κ1) is 10.1. The zero-order chi connectivity index (χ0) is 10.2. The second-order valence-electron chi connectivity index (χ2n) is 2.49. The Morgan fingerprint density at radius 3 is 2.54 bits per heavy atom. The molecule has 0 spiro atoms. The van der Waals surface area contributed by atoms with Gasteiger partial charge in [0.1, 0.15) is 5.69 Å². The number of halogens is 2. The van der Waals surface area contributed by atoms with E-state index in [1.807, 2.05) is 0 Å². The fourth-order valence-corrected chi connectivity index (χ4v) is 1.41. The molecule has 0 unspecified atom stereocenters. The molecule has 0 fully saturated rings. The molecule has 0 heterocycles. The number of rotatable bonds is 1. The van der Waals surface area contributed by atoms with Crippen LogP contribution in [0.15, 0.2) is 6.07 Å². The molecule has 4 nitrogen and oxygen atoms in total. The number of nitrogens with two attached hydrogens (primary N) is 1. The third kappa shape index (κ3) is 1.68. The van der Waals surface area contributed by atoms with E-state index < -0.39 is 4.92 Å². The molecule has 0 atom stereocenters. The quantitative estimate of drug-likeness (QED) is 0.450. The van der Waals surface area contributed by atoms with Crippen LogP contribution in [-0.4, -0.2) is 4.92 Å². The van der Waals surface area contributed by atoms with Crippen molar-refractivity contribution in [1.29, 1.82) is 0 Å². The Morgan fingerprint density at radius 2 is 2.08 bits per heavy atom. The van der Waals surface area contributed by atoms with Crippen LogP contribution in [0.5, 0.6) is 0 Å². The molecule has 1 rings (SSSR count). The Balaban J connectivity index is 3.53. The van der Waals surface area contributed by atoms with E-state index >= 15 is 0 Å². The van der Waals surface area contributed by atoms with Gasteiger partial charge in [-0.05, 0) is 13.0 Å². The minimum Gasteiger partial charge on any atom is -0.393 e. The van der Waals surface area contributed by atoms with Crippen LogP contribution in [0.1, 0.15) is 5.56 Å². The summed E-state index contributed by atoms with van der Waals surface area (Å²) in [6, 6.07) is 1.27. The highest BCUT2D eigenvalue weighted by atomic mass is 35.5. The highest BCUT2D eigenvalue weighted by Gasteiger charge is 2.20. The van der Waals surface area contributed by atoms with Gasteiger partial charge in [-0.25, -0.2) is 0 Å². The Kier molecular flexibility index (Phi) is 2.63. The van der Waals surface area contributed by atoms with Gasteiger partial charge in [0.2, 0.25) is 0 Å². The van der Waals surface area contributed by atoms with Crippen molar-refractivity contribution in [2.75, 3.05) is 5.73 Å². The number of nitro benzene ring substituents is 1. The van der Waals surface area contributed by atoms with Gasteiger partial charge < -0.3 is 5.73 Å². The van der Waals surface area contributed by atoms with Crippen LogP contribution in [0, 0.1) is 17.0 Å². The molecule has 0 saturated heterocycles. The molecule has 0 saturated carbocycles. The van der Waals surface area contributed by atoms with Crippen LogP contribution in [0.3, 0.4) is 0 Å². The Hall–Kier alpha value is -1.00. The molecule has 13 heavy (non-hydrogen) atoms. The van der Waals surface area contributed by atoms with Gasteiger partial charge in [-0.1, -0.05) is 23.2 Å². The number of nitro groups is 1. The maximum Gasteiger partial charge on any atom is 0.296 e. The Labute approximate surface area is 84.4 Å². The summed E-state index contributed by atoms with van der Waals surface area (Å²) in [6.07, 6.45) is 0. The molecule has 0 aromatic heterocycles. The predicted octanol–water partition coefficient (Wildman–Crippen LogP) is 2.79. The van der Waals surface area contributed by atoms with Crippen LogP contribution in [0.4, 0.5) is 11.4 Å². The van der Waals surface area contributed by atoms with Crippen LogP contribution >= 0.6 is 23.2 Å². The summed E-state index contributed by atoms with van der Waals surface area (Å²) in [5, 5.41) is 10.9. The van der Waals surface area contributed by atoms with Crippen molar-refractivity contribution >= 4 is 34.6 Å². The zero-order valence-electron chi connectivity index (χ0n) is 6.67. The van der Waals surface area contributed by atoms with Crippen LogP contribution in [-0.2, 0) is 0 Å². The molecule has 1 aromatic rings. The lowest BCUT2D eigenvalue weighted by molar-refractivity contribution is -0.384. The van der Waals surface area contributed by atoms with Gasteiger partial charge in [0.05, 0.1) is 15.0 Å². The first-order valence-corrected chi connectivity index (χ1v) is 4.09. The van der Waals surface area contributed by atoms with E-state index in [1.165, 1.54) is 13.0 Å². The van der Waals surface area contributed by atoms with Crippen LogP contribution in [0.25, 0.3) is 0 Å². The SMILES string of the molecule is Cc1c(Cl)c(Cl)cc(N)c1[N+](=O)[O-]. The maximum absolute atomic E-state index is 10.5. The van der Waals surface area contributed by atoms with Gasteiger partial charge in [-0.2, -0.15) is 0 Å². The highest BCUT2D eigenvalue weighted by molar-refractivity contribution is 6.43. The average molecular weight is 221 g/mol. The molecule has 0 aliphatic rings. The van der Waals surface area contributed by atoms with Crippen molar-refractivity contribution in [1.82, 2.24) is 0 Å². The Morgan fingerprint density at radius 1 is 1.54 bits per heavy atom. The molecular weight excluding hydrogens is 215 g/mol. The summed E-state index contributed by atoms with van der Waals surface area (Å²) in [5.74, 6) is 0. The fourth-order valence-electron chi connectivity index (χ4n) is 1.01. The lowest BCUT2D eigenvalue weighted by Gasteiger charge is -2.04. The fraction of sp³-hybridized carbons (Fsp3) is 0.143. The summed E-state index contributed by atoms with van der Waals surface area (Å²) < 4.78 is 0. The van der Waals surface area contributed by atoms with Crippen molar-refractivity contribution in [3.63, 3.8) is 0 Å². The minimum absolute atomic E-state index is 0.0249. The van der Waals surface area contributed by atoms with Gasteiger partial charge in [0.25, 0.3) is 5.69 Å². The van der Waals surface area contributed by atoms with E-state index in [1.54, 1.807) is 0 Å². The summed E-state index contributed by atoms with van der Waals surface area (Å²) in [7, 11) is 0. The van der Waals surface area contributed by atoms with Crippen molar-refractivity contribution < 1.29 is 4.92 Å². The summed E-state index contributed by atoms with van der Waals surface area (Å²) in [5.41, 5.74) is 5.54. The largest absolute Gasteiger partial charge is 0.393 e. The number of nitrogen functional groups attached to an aromatic ring is 1. The standard InChI is InChI=1S/C7H6Cl2N2O2/c1-3-6(9)4(8)2-5(10)7(3)11(12)13/h2H,10H2,1H3. The molecule has 70 valence electrons. The van der Waals surface area contributed by atoms with E-state index in [0.29, 0.717) is 0 Å². The van der Waals surface area contributed by atoms with Crippen molar-refractivity contribution in [3.05, 3.63) is 31.8 Å². The number of hydrogen-bond acceptors (Lipinski definition) is 3. The first-order chi connectivity index (χ1) is 5.95. The predicted molar refractivity (Wildman–Crippen MR) is 52.3 cm³/mol. The minimum atomic E-state index is -0.577. The van der Waals surface area contributed by atoms with Crippen molar-refractivity contribution in [2.45, 2.75) is 6.92 Å². The topological polar surface area (TPSA) is 69.2 Å². The normalized spacial score (nSPS) is 10.1. The molecule has 0 aliphatic carbocycles. The van der Waals surface area contributed by atoms with Crippen molar-refractivity contribution in [3.8, 4) is 0 Å². The third-order valence-electron chi connectivity index (χ3n) is 1.63. The lowest BCUT2D eigenvalue weighted by Crippen LogP contribution is -1.98. The molecule has 2 N–H and O–H groups in total. The van der Waals surface area contributed by atoms with Gasteiger partial charge in [-0.15, -0.1) is 0 Å². The summed E-state index contributed by atoms with van der Waals surface area (Å²) >= 11 is 11.4. The molecule has 6 heteroatoms. The van der Waals surface area contributed by atoms with Crippen LogP contribution in [0.2, 0.25) is 10.0 Å². The van der Waals surface area contributed by atoms with Crippen LogP contribution < -0.4 is 5.73 Å². The summed E-state index contributed by atoms with van der Waals surface area (Å²) in [4.78, 5) is 9.95. The van der Waals surface area contributed by atoms with Gasteiger partial charge >= 0.3 is 0 Å². The zero-order valence-corrected chi connectivity index (χ0v) is 8.19. The number of benzene rings is 1. The third-order valence-corrected chi connectivity index (χ3v) is 2.51. The van der Waals surface area contributed by atoms with E-state index in [0.717, 1.165) is 0 Å². The molecule has 1 aromatic carbocycles. The maximum atomic E-state index is 10.5. The smallest absolute Gasteiger partial charge is 0.296 e. The molecule has 0 radical (unpaired) electrons. The van der Waals surface area contributed by atoms with E-state index in [9.17, 15) is 10.1 Å². The van der Waals surface area contributed by atoms with E-state index in [4.69, 9.17) is 28.9 Å². The molecule has 0 bridgehead atoms. The summed E-state index contributed by atoms with van der Waals surface area (Å²) in [6.45, 7) is 1.50. The number of nitrogens with zero attached hydrogens (tertiary/aromatic N) is 1. The van der Waals surface area contributed by atoms with Gasteiger partial charge in [-0.3, -0.25) is 10.1 Å². The first-order valence-electron chi connectivity index (χ1n) is 3.33. The number of hydrogen-bond donors (Lipinski definition) is 1. The van der Waals surface area contributed by atoms with Gasteiger partial charge in [0.15, 0.2) is 0 Å².